The number of fused-ring (bicyclic) bond motifs is 3. The molecule has 0 unspecified atom stereocenters. The smallest absolute Gasteiger partial charge is 0.269 e. The fraction of sp³-hybridized carbons (Fsp3) is 0.167. The highest BCUT2D eigenvalue weighted by atomic mass is 35.5. The molecule has 3 aromatic carbocycles. The third-order valence-electron chi connectivity index (χ3n) is 6.29. The summed E-state index contributed by atoms with van der Waals surface area (Å²) in [6.45, 7) is 0. The molecule has 7 nitrogen and oxygen atoms in total. The summed E-state index contributed by atoms with van der Waals surface area (Å²) in [4.78, 5) is 10.9. The highest BCUT2D eigenvalue weighted by Gasteiger charge is 2.39. The lowest BCUT2D eigenvalue weighted by Gasteiger charge is -2.38. The molecule has 3 atom stereocenters. The molecule has 2 aliphatic rings. The second kappa shape index (κ2) is 8.41. The second-order valence-electron chi connectivity index (χ2n) is 8.27. The van der Waals surface area contributed by atoms with Crippen LogP contribution in [-0.2, 0) is 10.0 Å². The Morgan fingerprint density at radius 2 is 1.88 bits per heavy atom. The highest BCUT2D eigenvalue weighted by Crippen LogP contribution is 2.51. The van der Waals surface area contributed by atoms with Crippen LogP contribution in [0.2, 0.25) is 5.02 Å². The number of halogens is 2. The zero-order valence-corrected chi connectivity index (χ0v) is 19.2. The van der Waals surface area contributed by atoms with Crippen molar-refractivity contribution < 1.29 is 17.7 Å². The lowest BCUT2D eigenvalue weighted by molar-refractivity contribution is -0.384. The van der Waals surface area contributed by atoms with E-state index in [0.717, 1.165) is 5.56 Å². The summed E-state index contributed by atoms with van der Waals surface area (Å²) >= 11 is 6.43. The number of hydrogen-bond acceptors (Lipinski definition) is 5. The van der Waals surface area contributed by atoms with Crippen LogP contribution in [0, 0.1) is 21.8 Å². The molecule has 0 saturated carbocycles. The molecule has 0 saturated heterocycles. The highest BCUT2D eigenvalue weighted by molar-refractivity contribution is 7.92. The molecule has 10 heteroatoms. The maximum Gasteiger partial charge on any atom is 0.269 e. The first kappa shape index (κ1) is 22.4. The normalized spacial score (nSPS) is 20.8. The van der Waals surface area contributed by atoms with Gasteiger partial charge < -0.3 is 5.32 Å². The first-order chi connectivity index (χ1) is 16.2. The average molecular weight is 500 g/mol. The van der Waals surface area contributed by atoms with E-state index in [2.05, 4.69) is 10.0 Å². The number of rotatable bonds is 5. The van der Waals surface area contributed by atoms with E-state index in [1.54, 1.807) is 18.2 Å². The van der Waals surface area contributed by atoms with Gasteiger partial charge in [0.2, 0.25) is 0 Å². The maximum atomic E-state index is 14.0. The van der Waals surface area contributed by atoms with Gasteiger partial charge in [-0.25, -0.2) is 12.8 Å². The van der Waals surface area contributed by atoms with Crippen LogP contribution in [0.3, 0.4) is 0 Å². The van der Waals surface area contributed by atoms with Crippen LogP contribution in [0.4, 0.5) is 21.5 Å². The second-order valence-corrected chi connectivity index (χ2v) is 10.4. The Morgan fingerprint density at radius 3 is 2.65 bits per heavy atom. The predicted octanol–water partition coefficient (Wildman–Crippen LogP) is 6.01. The van der Waals surface area contributed by atoms with Crippen LogP contribution >= 0.6 is 11.6 Å². The average Bonchev–Trinajstić information content (AvgIpc) is 3.30. The number of benzene rings is 3. The third-order valence-corrected chi connectivity index (χ3v) is 8.00. The van der Waals surface area contributed by atoms with Crippen molar-refractivity contribution in [3.05, 3.63) is 105 Å². The summed E-state index contributed by atoms with van der Waals surface area (Å²) in [5.74, 6) is -0.786. The van der Waals surface area contributed by atoms with Gasteiger partial charge in [0.05, 0.1) is 21.5 Å². The first-order valence-electron chi connectivity index (χ1n) is 10.5. The van der Waals surface area contributed by atoms with Crippen molar-refractivity contribution in [3.8, 4) is 0 Å². The zero-order chi connectivity index (χ0) is 24.0. The summed E-state index contributed by atoms with van der Waals surface area (Å²) in [6, 6.07) is 14.3. The molecule has 0 fully saturated rings. The summed E-state index contributed by atoms with van der Waals surface area (Å²) in [5, 5.41) is 15.1. The van der Waals surface area contributed by atoms with Gasteiger partial charge in [-0.05, 0) is 54.3 Å². The minimum absolute atomic E-state index is 0.00974. The fourth-order valence-electron chi connectivity index (χ4n) is 4.68. The fourth-order valence-corrected chi connectivity index (χ4v) is 6.02. The van der Waals surface area contributed by atoms with E-state index < -0.39 is 20.8 Å². The van der Waals surface area contributed by atoms with Crippen LogP contribution in [0.25, 0.3) is 0 Å². The topological polar surface area (TPSA) is 101 Å². The third kappa shape index (κ3) is 3.91. The Morgan fingerprint density at radius 1 is 1.09 bits per heavy atom. The van der Waals surface area contributed by atoms with E-state index in [9.17, 15) is 22.9 Å². The van der Waals surface area contributed by atoms with Gasteiger partial charge in [0.15, 0.2) is 0 Å². The van der Waals surface area contributed by atoms with Crippen LogP contribution in [-0.4, -0.2) is 13.3 Å². The van der Waals surface area contributed by atoms with Crippen molar-refractivity contribution in [3.63, 3.8) is 0 Å². The van der Waals surface area contributed by atoms with E-state index in [4.69, 9.17) is 11.6 Å². The zero-order valence-electron chi connectivity index (χ0n) is 17.6. The minimum atomic E-state index is -4.02. The minimum Gasteiger partial charge on any atom is -0.378 e. The molecule has 0 spiro atoms. The lowest BCUT2D eigenvalue weighted by Crippen LogP contribution is -2.29. The number of nitrogens with zero attached hydrogens (tertiary/aromatic N) is 1. The van der Waals surface area contributed by atoms with Crippen molar-refractivity contribution in [2.75, 3.05) is 10.0 Å². The van der Waals surface area contributed by atoms with Crippen molar-refractivity contribution in [2.24, 2.45) is 5.92 Å². The molecule has 1 aliphatic carbocycles. The van der Waals surface area contributed by atoms with Crippen LogP contribution < -0.4 is 10.0 Å². The molecule has 1 aliphatic heterocycles. The molecule has 1 heterocycles. The van der Waals surface area contributed by atoms with Gasteiger partial charge in [-0.1, -0.05) is 35.9 Å². The Kier molecular flexibility index (Phi) is 5.53. The molecule has 2 N–H and O–H groups in total. The quantitative estimate of drug-likeness (QED) is 0.254. The van der Waals surface area contributed by atoms with Crippen LogP contribution in [0.15, 0.2) is 77.7 Å². The van der Waals surface area contributed by atoms with Gasteiger partial charge in [0.25, 0.3) is 15.7 Å². The van der Waals surface area contributed by atoms with E-state index >= 15 is 0 Å². The molecule has 3 aromatic rings. The first-order valence-corrected chi connectivity index (χ1v) is 12.4. The van der Waals surface area contributed by atoms with E-state index in [1.807, 2.05) is 12.2 Å². The van der Waals surface area contributed by atoms with Gasteiger partial charge >= 0.3 is 0 Å². The number of hydrogen-bond donors (Lipinski definition) is 2. The van der Waals surface area contributed by atoms with Crippen molar-refractivity contribution >= 4 is 38.7 Å². The Hall–Kier alpha value is -3.43. The SMILES string of the molecule is O=[N+]([O-])c1ccc(Cl)c([C@H]2Nc3ccc(S(=O)(=O)Nc4ccccc4F)cc3[C@H]3C=CC[C@H]32)c1. The number of non-ortho nitro benzene ring substituents is 1. The molecule has 0 radical (unpaired) electrons. The summed E-state index contributed by atoms with van der Waals surface area (Å²) < 4.78 is 42.2. The molecule has 0 amide bonds. The van der Waals surface area contributed by atoms with Crippen molar-refractivity contribution in [2.45, 2.75) is 23.3 Å². The van der Waals surface area contributed by atoms with Crippen molar-refractivity contribution in [1.82, 2.24) is 0 Å². The Balaban J connectivity index is 1.52. The standard InChI is InChI=1S/C24H19ClFN3O4S/c25-20-10-8-14(29(30)31)12-19(20)24-17-5-3-4-16(17)18-13-15(9-11-22(18)27-24)34(32,33)28-23-7-2-1-6-21(23)26/h1-4,6-13,16-17,24,27-28H,5H2/t16-,17+,24-/m0/s1. The molecule has 34 heavy (non-hydrogen) atoms. The van der Waals surface area contributed by atoms with E-state index in [0.29, 0.717) is 22.7 Å². The van der Waals surface area contributed by atoms with Gasteiger partial charge in [-0.3, -0.25) is 14.8 Å². The Labute approximate surface area is 200 Å². The number of sulfonamides is 1. The summed E-state index contributed by atoms with van der Waals surface area (Å²) in [5.41, 5.74) is 1.95. The number of allylic oxidation sites excluding steroid dienone is 2. The van der Waals surface area contributed by atoms with E-state index in [-0.39, 0.29) is 34.1 Å². The van der Waals surface area contributed by atoms with Gasteiger partial charge in [-0.15, -0.1) is 0 Å². The molecule has 174 valence electrons. The van der Waals surface area contributed by atoms with Crippen LogP contribution in [0.5, 0.6) is 0 Å². The lowest BCUT2D eigenvalue weighted by atomic mass is 9.77. The van der Waals surface area contributed by atoms with Crippen molar-refractivity contribution in [1.29, 1.82) is 0 Å². The molecule has 5 rings (SSSR count). The number of para-hydroxylation sites is 1. The van der Waals surface area contributed by atoms with Gasteiger partial charge in [-0.2, -0.15) is 0 Å². The monoisotopic (exact) mass is 499 g/mol. The molecule has 0 aromatic heterocycles. The van der Waals surface area contributed by atoms with Gasteiger partial charge in [0, 0.05) is 34.3 Å². The Bertz CT molecular complexity index is 1440. The number of nitro groups is 1. The molecular weight excluding hydrogens is 481 g/mol. The molecular formula is C24H19ClFN3O4S. The van der Waals surface area contributed by atoms with E-state index in [1.165, 1.54) is 42.5 Å². The number of nitro benzene ring substituents is 1. The maximum absolute atomic E-state index is 14.0. The number of nitrogens with one attached hydrogen (secondary N) is 2. The summed E-state index contributed by atoms with van der Waals surface area (Å²) in [6.07, 6.45) is 4.73. The van der Waals surface area contributed by atoms with Gasteiger partial charge in [0.1, 0.15) is 5.82 Å². The summed E-state index contributed by atoms with van der Waals surface area (Å²) in [7, 11) is -4.02. The number of anilines is 2. The molecule has 0 bridgehead atoms. The largest absolute Gasteiger partial charge is 0.378 e. The van der Waals surface area contributed by atoms with Crippen LogP contribution in [0.1, 0.15) is 29.5 Å². The predicted molar refractivity (Wildman–Crippen MR) is 128 cm³/mol.